The van der Waals surface area contributed by atoms with E-state index in [2.05, 4.69) is 33.8 Å². The van der Waals surface area contributed by atoms with Gasteiger partial charge in [0.15, 0.2) is 18.7 Å². The maximum Gasteiger partial charge on any atom is 0.335 e. The molecule has 5 aliphatic carbocycles. The third-order valence-electron chi connectivity index (χ3n) is 19.4. The number of carboxylic acid groups (broad SMARTS) is 1. The van der Waals surface area contributed by atoms with E-state index in [0.717, 1.165) is 12.8 Å². The topological polar surface area (TPSA) is 332 Å². The summed E-state index contributed by atoms with van der Waals surface area (Å²) < 4.78 is 34.9. The normalized spacial score (nSPS) is 55.5. The summed E-state index contributed by atoms with van der Waals surface area (Å²) in [7, 11) is 0. The van der Waals surface area contributed by atoms with Crippen LogP contribution in [0.25, 0.3) is 0 Å². The number of rotatable bonds is 9. The molecule has 0 unspecified atom stereocenters. The lowest BCUT2D eigenvalue weighted by Gasteiger charge is -2.71. The third kappa shape index (κ3) is 7.86. The standard InChI is InChI=1S/C47H74O20/c1-42(41(61)67-39-34(58)30(54)29(53)23(17-48)63-39)15-21-20-7-8-25-44(3)11-10-27(45(4,19-49)24(44)9-12-47(25,6)46(20,5)14-13-43(21,2)26(51)16-42)64-40-36(32(56)31(55)35(65-40)37(59)60)66-38-33(57)28(52)22(50)18-62-38/h7,21-36,38-40,48-58H,8-19H2,1-6H3,(H,59,60)/t21-,22+,23+,24+,25+,26+,27-,28-,29+,30-,31-,32-,33+,34+,35-,36+,38-,39-,40+,42-,43+,44-,45+,46+,47+/m0/s1. The summed E-state index contributed by atoms with van der Waals surface area (Å²) in [6, 6.07) is 0. The second-order valence-corrected chi connectivity index (χ2v) is 22.9. The van der Waals surface area contributed by atoms with Crippen molar-refractivity contribution < 1.29 is 99.3 Å². The van der Waals surface area contributed by atoms with Gasteiger partial charge in [0.1, 0.15) is 61.0 Å². The van der Waals surface area contributed by atoms with Crippen LogP contribution in [0.3, 0.4) is 0 Å². The number of carboxylic acids is 1. The largest absolute Gasteiger partial charge is 0.479 e. The molecule has 20 nitrogen and oxygen atoms in total. The molecule has 0 amide bonds. The second kappa shape index (κ2) is 18.0. The van der Waals surface area contributed by atoms with Crippen LogP contribution in [0.2, 0.25) is 0 Å². The summed E-state index contributed by atoms with van der Waals surface area (Å²) in [5, 5.41) is 128. The molecule has 0 spiro atoms. The number of aliphatic hydroxyl groups excluding tert-OH is 11. The van der Waals surface area contributed by atoms with Gasteiger partial charge in [0.05, 0.1) is 37.4 Å². The molecule has 0 aromatic rings. The average Bonchev–Trinajstić information content (AvgIpc) is 3.28. The number of hydrogen-bond acceptors (Lipinski definition) is 19. The maximum absolute atomic E-state index is 14.2. The van der Waals surface area contributed by atoms with E-state index in [0.29, 0.717) is 38.5 Å². The molecular weight excluding hydrogens is 884 g/mol. The molecule has 12 N–H and O–H groups in total. The minimum absolute atomic E-state index is 0.0850. The van der Waals surface area contributed by atoms with Gasteiger partial charge < -0.3 is 89.7 Å². The Balaban J connectivity index is 1.05. The molecular formula is C47H74O20. The predicted molar refractivity (Wildman–Crippen MR) is 228 cm³/mol. The predicted octanol–water partition coefficient (Wildman–Crippen LogP) is -1.18. The highest BCUT2D eigenvalue weighted by atomic mass is 16.8. The van der Waals surface area contributed by atoms with Crippen LogP contribution in [0.4, 0.5) is 0 Å². The van der Waals surface area contributed by atoms with Crippen molar-refractivity contribution in [3.8, 4) is 0 Å². The molecule has 25 atom stereocenters. The zero-order valence-corrected chi connectivity index (χ0v) is 39.2. The Labute approximate surface area is 389 Å². The quantitative estimate of drug-likeness (QED) is 0.0735. The summed E-state index contributed by atoms with van der Waals surface area (Å²) >= 11 is 0. The molecule has 382 valence electrons. The first-order chi connectivity index (χ1) is 31.3. The summed E-state index contributed by atoms with van der Waals surface area (Å²) in [6.07, 6.45) is -18.0. The number of aliphatic hydroxyl groups is 11. The Morgan fingerprint density at radius 2 is 1.39 bits per heavy atom. The van der Waals surface area contributed by atoms with Crippen LogP contribution in [0.5, 0.6) is 0 Å². The molecule has 3 heterocycles. The van der Waals surface area contributed by atoms with Gasteiger partial charge in [-0.25, -0.2) is 4.79 Å². The van der Waals surface area contributed by atoms with Gasteiger partial charge in [0, 0.05) is 10.8 Å². The first-order valence-corrected chi connectivity index (χ1v) is 24.0. The van der Waals surface area contributed by atoms with Crippen molar-refractivity contribution in [1.82, 2.24) is 0 Å². The van der Waals surface area contributed by atoms with E-state index >= 15 is 0 Å². The van der Waals surface area contributed by atoms with Gasteiger partial charge in [0.25, 0.3) is 0 Å². The molecule has 0 aromatic carbocycles. The Kier molecular flexibility index (Phi) is 13.8. The number of carbonyl (C=O) groups excluding carboxylic acids is 1. The lowest BCUT2D eigenvalue weighted by atomic mass is 9.33. The lowest BCUT2D eigenvalue weighted by molar-refractivity contribution is -0.367. The van der Waals surface area contributed by atoms with Crippen molar-refractivity contribution in [3.05, 3.63) is 11.6 Å². The highest BCUT2D eigenvalue weighted by Crippen LogP contribution is 2.76. The molecule has 20 heteroatoms. The number of hydrogen-bond donors (Lipinski definition) is 12. The van der Waals surface area contributed by atoms with Crippen molar-refractivity contribution in [2.24, 2.45) is 50.2 Å². The molecule has 0 radical (unpaired) electrons. The summed E-state index contributed by atoms with van der Waals surface area (Å²) in [6.45, 7) is 11.2. The van der Waals surface area contributed by atoms with E-state index < -0.39 is 140 Å². The Hall–Kier alpha value is -1.96. The van der Waals surface area contributed by atoms with Crippen molar-refractivity contribution in [2.45, 2.75) is 198 Å². The van der Waals surface area contributed by atoms with Crippen molar-refractivity contribution in [2.75, 3.05) is 19.8 Å². The van der Waals surface area contributed by atoms with Crippen LogP contribution in [0.15, 0.2) is 11.6 Å². The van der Waals surface area contributed by atoms with Crippen LogP contribution in [-0.4, -0.2) is 191 Å². The molecule has 7 fully saturated rings. The van der Waals surface area contributed by atoms with Crippen LogP contribution < -0.4 is 0 Å². The fraction of sp³-hybridized carbons (Fsp3) is 0.915. The Morgan fingerprint density at radius 3 is 2.04 bits per heavy atom. The highest BCUT2D eigenvalue weighted by Gasteiger charge is 2.70. The summed E-state index contributed by atoms with van der Waals surface area (Å²) in [5.74, 6) is -2.58. The van der Waals surface area contributed by atoms with Crippen molar-refractivity contribution in [1.29, 1.82) is 0 Å². The fourth-order valence-corrected chi connectivity index (χ4v) is 14.8. The number of allylic oxidation sites excluding steroid dienone is 2. The van der Waals surface area contributed by atoms with Gasteiger partial charge in [0.2, 0.25) is 6.29 Å². The van der Waals surface area contributed by atoms with Gasteiger partial charge in [-0.15, -0.1) is 0 Å². The van der Waals surface area contributed by atoms with E-state index in [1.165, 1.54) is 5.57 Å². The average molecular weight is 959 g/mol. The Morgan fingerprint density at radius 1 is 0.701 bits per heavy atom. The van der Waals surface area contributed by atoms with E-state index in [4.69, 9.17) is 28.4 Å². The molecule has 67 heavy (non-hydrogen) atoms. The molecule has 8 rings (SSSR count). The second-order valence-electron chi connectivity index (χ2n) is 22.9. The molecule has 8 aliphatic rings. The van der Waals surface area contributed by atoms with Crippen LogP contribution in [-0.2, 0) is 38.0 Å². The van der Waals surface area contributed by atoms with E-state index in [9.17, 15) is 70.9 Å². The van der Waals surface area contributed by atoms with Gasteiger partial charge >= 0.3 is 11.9 Å². The van der Waals surface area contributed by atoms with Crippen LogP contribution in [0.1, 0.15) is 99.3 Å². The van der Waals surface area contributed by atoms with Gasteiger partial charge in [-0.1, -0.05) is 46.3 Å². The number of ether oxygens (including phenoxy) is 6. The molecule has 4 saturated carbocycles. The Bertz CT molecular complexity index is 1890. The number of carbonyl (C=O) groups is 2. The van der Waals surface area contributed by atoms with Crippen LogP contribution in [0, 0.1) is 50.2 Å². The minimum Gasteiger partial charge on any atom is -0.479 e. The van der Waals surface area contributed by atoms with E-state index in [-0.39, 0.29) is 47.0 Å². The first-order valence-electron chi connectivity index (χ1n) is 24.0. The molecule has 0 aromatic heterocycles. The SMILES string of the molecule is C[C@@]1(C(=O)O[C@@H]2O[C@H](CO)[C@@H](O)[C@H](O)[C@H]2O)C[C@@H](O)[C@]2(C)CC[C@]3(C)C(=CC[C@@H]4[C@@]5(C)CC[C@H](O[C@@H]6O[C@H](C(=O)O)[C@@H](O)[C@H](O)[C@H]6O[C@@H]6OC[C@@H](O)[C@H](O)[C@H]6O)[C@](C)(CO)[C@@H]5CC[C@]43C)[C@@H]2C1. The first kappa shape index (κ1) is 51.4. The number of fused-ring (bicyclic) bond motifs is 7. The van der Waals surface area contributed by atoms with E-state index in [1.54, 1.807) is 6.92 Å². The number of esters is 1. The van der Waals surface area contributed by atoms with Crippen molar-refractivity contribution >= 4 is 11.9 Å². The smallest absolute Gasteiger partial charge is 0.335 e. The highest BCUT2D eigenvalue weighted by molar-refractivity contribution is 5.77. The van der Waals surface area contributed by atoms with Gasteiger partial charge in [-0.05, 0) is 98.7 Å². The maximum atomic E-state index is 14.2. The zero-order chi connectivity index (χ0) is 49.1. The summed E-state index contributed by atoms with van der Waals surface area (Å²) in [4.78, 5) is 26.4. The van der Waals surface area contributed by atoms with Gasteiger partial charge in [-0.3, -0.25) is 4.79 Å². The molecule has 0 bridgehead atoms. The van der Waals surface area contributed by atoms with Gasteiger partial charge in [-0.2, -0.15) is 0 Å². The molecule has 3 saturated heterocycles. The summed E-state index contributed by atoms with van der Waals surface area (Å²) in [5.41, 5.74) is -2.61. The fourth-order valence-electron chi connectivity index (χ4n) is 14.8. The third-order valence-corrected chi connectivity index (χ3v) is 19.4. The van der Waals surface area contributed by atoms with Crippen molar-refractivity contribution in [3.63, 3.8) is 0 Å². The van der Waals surface area contributed by atoms with Crippen LogP contribution >= 0.6 is 0 Å². The number of aliphatic carboxylic acids is 1. The van der Waals surface area contributed by atoms with E-state index in [1.807, 2.05) is 6.92 Å². The lowest BCUT2D eigenvalue weighted by Crippen LogP contribution is -2.68. The minimum atomic E-state index is -1.98. The molecule has 3 aliphatic heterocycles. The zero-order valence-electron chi connectivity index (χ0n) is 39.2. The monoisotopic (exact) mass is 958 g/mol.